The maximum atomic E-state index is 13.9. The normalized spacial score (nSPS) is 20.2. The molecule has 2 aliphatic carbocycles. The van der Waals surface area contributed by atoms with E-state index in [4.69, 9.17) is 5.73 Å². The van der Waals surface area contributed by atoms with Gasteiger partial charge in [-0.15, -0.1) is 0 Å². The number of hydrogen-bond acceptors (Lipinski definition) is 1. The van der Waals surface area contributed by atoms with Crippen LogP contribution < -0.4 is 11.1 Å². The van der Waals surface area contributed by atoms with Crippen LogP contribution in [0.25, 0.3) is 0 Å². The van der Waals surface area contributed by atoms with Gasteiger partial charge in [-0.25, -0.2) is 9.38 Å². The van der Waals surface area contributed by atoms with Gasteiger partial charge in [-0.05, 0) is 49.7 Å². The van der Waals surface area contributed by atoms with Gasteiger partial charge < -0.3 is 11.1 Å². The average Bonchev–Trinajstić information content (AvgIpc) is 3.16. The van der Waals surface area contributed by atoms with Crippen molar-refractivity contribution in [2.45, 2.75) is 50.6 Å². The van der Waals surface area contributed by atoms with Crippen molar-refractivity contribution in [1.29, 1.82) is 0 Å². The van der Waals surface area contributed by atoms with Crippen molar-refractivity contribution < 1.29 is 4.39 Å². The first kappa shape index (κ1) is 12.5. The molecule has 0 aromatic heterocycles. The summed E-state index contributed by atoms with van der Waals surface area (Å²) >= 11 is 0. The van der Waals surface area contributed by atoms with Crippen LogP contribution in [-0.4, -0.2) is 12.0 Å². The largest absolute Gasteiger partial charge is 0.370 e. The predicted octanol–water partition coefficient (Wildman–Crippen LogP) is 2.66. The number of nitrogens with zero attached hydrogens (tertiary/aromatic N) is 1. The molecule has 3 N–H and O–H groups in total. The molecule has 0 saturated heterocycles. The molecular formula is C15H20FN3. The molecule has 1 aromatic rings. The Balaban J connectivity index is 1.60. The Hall–Kier alpha value is -1.58. The Labute approximate surface area is 113 Å². The molecule has 0 radical (unpaired) electrons. The lowest BCUT2D eigenvalue weighted by molar-refractivity contribution is 0.382. The third kappa shape index (κ3) is 3.06. The van der Waals surface area contributed by atoms with Crippen LogP contribution in [0.15, 0.2) is 23.2 Å². The third-order valence-electron chi connectivity index (χ3n) is 4.00. The van der Waals surface area contributed by atoms with E-state index < -0.39 is 0 Å². The molecule has 0 bridgehead atoms. The molecule has 0 aliphatic heterocycles. The van der Waals surface area contributed by atoms with E-state index in [1.54, 1.807) is 6.07 Å². The zero-order chi connectivity index (χ0) is 13.2. The SMILES string of the molecule is NC(=NCc1ccc(C2CC2)cc1F)NC1CCC1. The first-order chi connectivity index (χ1) is 9.22. The maximum absolute atomic E-state index is 13.9. The molecule has 4 heteroatoms. The van der Waals surface area contributed by atoms with Gasteiger partial charge in [-0.2, -0.15) is 0 Å². The van der Waals surface area contributed by atoms with Crippen LogP contribution in [0.1, 0.15) is 49.1 Å². The van der Waals surface area contributed by atoms with E-state index in [0.29, 0.717) is 30.0 Å². The van der Waals surface area contributed by atoms with Crippen molar-refractivity contribution in [1.82, 2.24) is 5.32 Å². The lowest BCUT2D eigenvalue weighted by atomic mass is 9.93. The molecule has 2 fully saturated rings. The third-order valence-corrected chi connectivity index (χ3v) is 4.00. The molecule has 19 heavy (non-hydrogen) atoms. The van der Waals surface area contributed by atoms with Gasteiger partial charge in [0.15, 0.2) is 5.96 Å². The standard InChI is InChI=1S/C15H20FN3/c16-14-8-11(10-4-5-10)6-7-12(14)9-18-15(17)19-13-2-1-3-13/h6-8,10,13H,1-5,9H2,(H3,17,18,19). The Morgan fingerprint density at radius 1 is 1.32 bits per heavy atom. The number of benzene rings is 1. The van der Waals surface area contributed by atoms with Gasteiger partial charge in [0, 0.05) is 11.6 Å². The smallest absolute Gasteiger partial charge is 0.189 e. The zero-order valence-electron chi connectivity index (χ0n) is 11.0. The fraction of sp³-hybridized carbons (Fsp3) is 0.533. The molecule has 2 saturated carbocycles. The lowest BCUT2D eigenvalue weighted by Gasteiger charge is -2.26. The van der Waals surface area contributed by atoms with Crippen molar-refractivity contribution in [3.05, 3.63) is 35.1 Å². The fourth-order valence-electron chi connectivity index (χ4n) is 2.34. The summed E-state index contributed by atoms with van der Waals surface area (Å²) < 4.78 is 13.9. The van der Waals surface area contributed by atoms with Gasteiger partial charge in [0.1, 0.15) is 5.82 Å². The second-order valence-electron chi connectivity index (χ2n) is 5.60. The number of aliphatic imine (C=N–C) groups is 1. The van der Waals surface area contributed by atoms with E-state index >= 15 is 0 Å². The number of halogens is 1. The highest BCUT2D eigenvalue weighted by Gasteiger charge is 2.24. The number of guanidine groups is 1. The first-order valence-electron chi connectivity index (χ1n) is 7.07. The molecule has 0 atom stereocenters. The Morgan fingerprint density at radius 3 is 2.68 bits per heavy atom. The van der Waals surface area contributed by atoms with Crippen molar-refractivity contribution in [3.8, 4) is 0 Å². The molecule has 2 aliphatic rings. The molecule has 0 spiro atoms. The van der Waals surface area contributed by atoms with Crippen molar-refractivity contribution in [3.63, 3.8) is 0 Å². The highest BCUT2D eigenvalue weighted by Crippen LogP contribution is 2.40. The Morgan fingerprint density at radius 2 is 2.11 bits per heavy atom. The molecule has 1 aromatic carbocycles. The second kappa shape index (κ2) is 5.19. The topological polar surface area (TPSA) is 50.4 Å². The van der Waals surface area contributed by atoms with Crippen LogP contribution in [0.4, 0.5) is 4.39 Å². The minimum atomic E-state index is -0.162. The average molecular weight is 261 g/mol. The van der Waals surface area contributed by atoms with E-state index in [1.165, 1.54) is 19.3 Å². The predicted molar refractivity (Wildman–Crippen MR) is 74.5 cm³/mol. The first-order valence-corrected chi connectivity index (χ1v) is 7.07. The van der Waals surface area contributed by atoms with Crippen LogP contribution in [0.5, 0.6) is 0 Å². The maximum Gasteiger partial charge on any atom is 0.189 e. The molecule has 0 heterocycles. The summed E-state index contributed by atoms with van der Waals surface area (Å²) in [5.74, 6) is 0.845. The minimum Gasteiger partial charge on any atom is -0.370 e. The number of nitrogens with two attached hydrogens (primary N) is 1. The Bertz CT molecular complexity index is 490. The Kier molecular flexibility index (Phi) is 3.40. The van der Waals surface area contributed by atoms with E-state index in [1.807, 2.05) is 12.1 Å². The van der Waals surface area contributed by atoms with Crippen LogP contribution in [0, 0.1) is 5.82 Å². The van der Waals surface area contributed by atoms with Gasteiger partial charge in [-0.1, -0.05) is 12.1 Å². The summed E-state index contributed by atoms with van der Waals surface area (Å²) in [6.45, 7) is 0.308. The number of rotatable bonds is 4. The molecule has 102 valence electrons. The monoisotopic (exact) mass is 261 g/mol. The summed E-state index contributed by atoms with van der Waals surface area (Å²) in [4.78, 5) is 4.21. The van der Waals surface area contributed by atoms with E-state index in [-0.39, 0.29) is 5.82 Å². The van der Waals surface area contributed by atoms with Crippen molar-refractivity contribution >= 4 is 5.96 Å². The summed E-state index contributed by atoms with van der Waals surface area (Å²) in [7, 11) is 0. The van der Waals surface area contributed by atoms with Gasteiger partial charge in [0.2, 0.25) is 0 Å². The quantitative estimate of drug-likeness (QED) is 0.646. The van der Waals surface area contributed by atoms with Crippen LogP contribution in [0.3, 0.4) is 0 Å². The van der Waals surface area contributed by atoms with Gasteiger partial charge >= 0.3 is 0 Å². The van der Waals surface area contributed by atoms with Crippen LogP contribution in [-0.2, 0) is 6.54 Å². The summed E-state index contributed by atoms with van der Waals surface area (Å²) in [5.41, 5.74) is 7.52. The zero-order valence-corrected chi connectivity index (χ0v) is 11.0. The van der Waals surface area contributed by atoms with Gasteiger partial charge in [0.25, 0.3) is 0 Å². The summed E-state index contributed by atoms with van der Waals surface area (Å²) in [6, 6.07) is 5.97. The second-order valence-corrected chi connectivity index (χ2v) is 5.60. The summed E-state index contributed by atoms with van der Waals surface area (Å²) in [5, 5.41) is 3.15. The van der Waals surface area contributed by atoms with Crippen LogP contribution in [0.2, 0.25) is 0 Å². The molecule has 0 unspecified atom stereocenters. The minimum absolute atomic E-state index is 0.162. The van der Waals surface area contributed by atoms with Crippen molar-refractivity contribution in [2.75, 3.05) is 0 Å². The highest BCUT2D eigenvalue weighted by molar-refractivity contribution is 5.78. The van der Waals surface area contributed by atoms with Crippen LogP contribution >= 0.6 is 0 Å². The molecule has 3 nitrogen and oxygen atoms in total. The molecule has 3 rings (SSSR count). The van der Waals surface area contributed by atoms with Gasteiger partial charge in [-0.3, -0.25) is 0 Å². The van der Waals surface area contributed by atoms with E-state index in [9.17, 15) is 4.39 Å². The van der Waals surface area contributed by atoms with Crippen molar-refractivity contribution in [2.24, 2.45) is 10.7 Å². The summed E-state index contributed by atoms with van der Waals surface area (Å²) in [6.07, 6.45) is 5.94. The van der Waals surface area contributed by atoms with Gasteiger partial charge in [0.05, 0.1) is 6.54 Å². The van der Waals surface area contributed by atoms with E-state index in [2.05, 4.69) is 10.3 Å². The number of nitrogens with one attached hydrogen (secondary N) is 1. The van der Waals surface area contributed by atoms with E-state index in [0.717, 1.165) is 18.4 Å². The highest BCUT2D eigenvalue weighted by atomic mass is 19.1. The molecule has 0 amide bonds. The fourth-order valence-corrected chi connectivity index (χ4v) is 2.34. The molecular weight excluding hydrogens is 241 g/mol. The number of hydrogen-bond donors (Lipinski definition) is 2. The lowest BCUT2D eigenvalue weighted by Crippen LogP contribution is -2.43.